The van der Waals surface area contributed by atoms with Crippen LogP contribution >= 0.6 is 7.37 Å². The molecule has 0 aliphatic carbocycles. The molecule has 6 heteroatoms. The van der Waals surface area contributed by atoms with Gasteiger partial charge in [-0.15, -0.1) is 0 Å². The van der Waals surface area contributed by atoms with Gasteiger partial charge in [0.25, 0.3) is 11.0 Å². The van der Waals surface area contributed by atoms with Gasteiger partial charge in [0.2, 0.25) is 0 Å². The van der Waals surface area contributed by atoms with Crippen molar-refractivity contribution >= 4 is 24.4 Å². The van der Waals surface area contributed by atoms with Gasteiger partial charge in [0.1, 0.15) is 0 Å². The first-order chi connectivity index (χ1) is 17.4. The highest BCUT2D eigenvalue weighted by molar-refractivity contribution is 7.92. The lowest BCUT2D eigenvalue weighted by Gasteiger charge is -2.20. The highest BCUT2D eigenvalue weighted by Crippen LogP contribution is 2.55. The van der Waals surface area contributed by atoms with Gasteiger partial charge in [0, 0.05) is 17.5 Å². The summed E-state index contributed by atoms with van der Waals surface area (Å²) in [6.45, 7) is 13.0. The van der Waals surface area contributed by atoms with Gasteiger partial charge in [0.05, 0.1) is 0 Å². The van der Waals surface area contributed by atoms with Crippen molar-refractivity contribution in [2.24, 2.45) is 0 Å². The molecule has 0 atom stereocenters. The van der Waals surface area contributed by atoms with E-state index in [0.717, 1.165) is 30.4 Å². The fraction of sp³-hybridized carbons (Fsp3) is 0.516. The number of hydrogen-bond acceptors (Lipinski definition) is 5. The van der Waals surface area contributed by atoms with Gasteiger partial charge in [-0.2, -0.15) is 0 Å². The van der Waals surface area contributed by atoms with Crippen LogP contribution in [0.2, 0.25) is 0 Å². The maximum absolute atomic E-state index is 14.3. The van der Waals surface area contributed by atoms with Crippen LogP contribution in [0.3, 0.4) is 0 Å². The molecule has 0 saturated carbocycles. The molecule has 0 bridgehead atoms. The van der Waals surface area contributed by atoms with Gasteiger partial charge < -0.3 is 4.52 Å². The van der Waals surface area contributed by atoms with Crippen molar-refractivity contribution in [3.05, 3.63) is 68.8 Å². The molecule has 0 heterocycles. The molecule has 0 saturated heterocycles. The van der Waals surface area contributed by atoms with Gasteiger partial charge in [-0.05, 0) is 70.2 Å². The zero-order valence-electron chi connectivity index (χ0n) is 23.7. The Labute approximate surface area is 222 Å². The zero-order valence-corrected chi connectivity index (χ0v) is 24.6. The van der Waals surface area contributed by atoms with Gasteiger partial charge in [-0.25, -0.2) is 0 Å². The van der Waals surface area contributed by atoms with Crippen molar-refractivity contribution in [2.75, 3.05) is 0 Å². The van der Waals surface area contributed by atoms with Crippen molar-refractivity contribution in [3.63, 3.8) is 0 Å². The molecule has 0 N–H and O–H groups in total. The molecule has 37 heavy (non-hydrogen) atoms. The van der Waals surface area contributed by atoms with Gasteiger partial charge in [-0.3, -0.25) is 18.9 Å². The highest BCUT2D eigenvalue weighted by Gasteiger charge is 2.47. The van der Waals surface area contributed by atoms with E-state index in [0.29, 0.717) is 28.7 Å². The Morgan fingerprint density at radius 3 is 1.35 bits per heavy atom. The first-order valence-corrected chi connectivity index (χ1v) is 15.1. The topological polar surface area (TPSA) is 77.5 Å². The second kappa shape index (κ2) is 13.9. The van der Waals surface area contributed by atoms with Crippen LogP contribution in [0.4, 0.5) is 0 Å². The Bertz CT molecular complexity index is 1070. The first kappa shape index (κ1) is 30.7. The lowest BCUT2D eigenvalue weighted by molar-refractivity contribution is -0.134. The summed E-state index contributed by atoms with van der Waals surface area (Å²) in [6.07, 6.45) is 8.41. The van der Waals surface area contributed by atoms with Crippen LogP contribution in [-0.2, 0) is 13.9 Å². The number of rotatable bonds is 14. The van der Waals surface area contributed by atoms with E-state index in [2.05, 4.69) is 6.92 Å². The van der Waals surface area contributed by atoms with Crippen molar-refractivity contribution in [1.82, 2.24) is 0 Å². The molecule has 202 valence electrons. The van der Waals surface area contributed by atoms with E-state index < -0.39 is 24.4 Å². The monoisotopic (exact) mass is 526 g/mol. The van der Waals surface area contributed by atoms with E-state index in [-0.39, 0.29) is 17.5 Å². The van der Waals surface area contributed by atoms with Crippen LogP contribution in [0.25, 0.3) is 0 Å². The van der Waals surface area contributed by atoms with E-state index >= 15 is 0 Å². The van der Waals surface area contributed by atoms with E-state index in [9.17, 15) is 18.9 Å². The number of hydrogen-bond donors (Lipinski definition) is 0. The molecule has 0 aromatic heterocycles. The second-order valence-corrected chi connectivity index (χ2v) is 12.5. The number of benzene rings is 2. The van der Waals surface area contributed by atoms with E-state index in [1.807, 2.05) is 13.8 Å². The zero-order chi connectivity index (χ0) is 27.8. The minimum Gasteiger partial charge on any atom is -0.401 e. The average Bonchev–Trinajstić information content (AvgIpc) is 2.79. The summed E-state index contributed by atoms with van der Waals surface area (Å²) < 4.78 is 19.7. The van der Waals surface area contributed by atoms with Crippen LogP contribution < -0.4 is 0 Å². The molecule has 0 spiro atoms. The van der Waals surface area contributed by atoms with Crippen molar-refractivity contribution < 1.29 is 23.5 Å². The molecule has 0 aliphatic heterocycles. The van der Waals surface area contributed by atoms with Gasteiger partial charge >= 0.3 is 13.3 Å². The van der Waals surface area contributed by atoms with Crippen LogP contribution in [0.15, 0.2) is 24.3 Å². The fourth-order valence-corrected chi connectivity index (χ4v) is 7.12. The average molecular weight is 527 g/mol. The Balaban J connectivity index is 2.32. The number of unbranched alkanes of at least 4 members (excludes halogenated alkanes) is 7. The summed E-state index contributed by atoms with van der Waals surface area (Å²) in [5.74, 6) is -0.763. The largest absolute Gasteiger partial charge is 0.401 e. The van der Waals surface area contributed by atoms with Crippen LogP contribution in [0, 0.1) is 41.5 Å². The van der Waals surface area contributed by atoms with Gasteiger partial charge in [0.15, 0.2) is 0 Å². The Hall–Kier alpha value is -2.52. The third-order valence-corrected chi connectivity index (χ3v) is 8.76. The number of carbonyl (C=O) groups is 3. The number of aryl methyl sites for hydroxylation is 6. The first-order valence-electron chi connectivity index (χ1n) is 13.5. The highest BCUT2D eigenvalue weighted by atomic mass is 31.2. The SMILES string of the molecule is CCCCCCCCCCC(=O)OP(=O)(C(=O)c1c(C)cc(C)cc1C)C(=O)c1c(C)cc(C)cc1C. The maximum atomic E-state index is 14.3. The summed E-state index contributed by atoms with van der Waals surface area (Å²) in [5.41, 5.74) is 2.87. The van der Waals surface area contributed by atoms with Crippen molar-refractivity contribution in [3.8, 4) is 0 Å². The Morgan fingerprint density at radius 1 is 0.622 bits per heavy atom. The third-order valence-electron chi connectivity index (χ3n) is 6.78. The quantitative estimate of drug-likeness (QED) is 0.181. The minimum atomic E-state index is -4.74. The van der Waals surface area contributed by atoms with Crippen LogP contribution in [-0.4, -0.2) is 17.0 Å². The van der Waals surface area contributed by atoms with Crippen LogP contribution in [0.1, 0.15) is 119 Å². The molecule has 0 unspecified atom stereocenters. The maximum Gasteiger partial charge on any atom is 0.388 e. The summed E-state index contributed by atoms with van der Waals surface area (Å²) in [7, 11) is -4.74. The predicted molar refractivity (Wildman–Crippen MR) is 151 cm³/mol. The molecule has 0 amide bonds. The van der Waals surface area contributed by atoms with E-state index in [1.165, 1.54) is 25.7 Å². The Morgan fingerprint density at radius 2 is 0.973 bits per heavy atom. The van der Waals surface area contributed by atoms with Gasteiger partial charge in [-0.1, -0.05) is 87.3 Å². The van der Waals surface area contributed by atoms with E-state index in [4.69, 9.17) is 4.52 Å². The summed E-state index contributed by atoms with van der Waals surface area (Å²) in [4.78, 5) is 40.5. The van der Waals surface area contributed by atoms with Crippen LogP contribution in [0.5, 0.6) is 0 Å². The molecular weight excluding hydrogens is 483 g/mol. The molecule has 0 radical (unpaired) electrons. The third kappa shape index (κ3) is 7.98. The molecule has 5 nitrogen and oxygen atoms in total. The van der Waals surface area contributed by atoms with E-state index in [1.54, 1.807) is 52.0 Å². The van der Waals surface area contributed by atoms with Crippen molar-refractivity contribution in [1.29, 1.82) is 0 Å². The molecule has 0 fully saturated rings. The molecule has 2 aromatic carbocycles. The second-order valence-electron chi connectivity index (χ2n) is 10.4. The molecule has 2 rings (SSSR count). The molecule has 0 aliphatic rings. The molecule has 2 aromatic rings. The lowest BCUT2D eigenvalue weighted by atomic mass is 10.0. The minimum absolute atomic E-state index is 0.0250. The molecular formula is C31H43O5P. The fourth-order valence-electron chi connectivity index (χ4n) is 5.10. The smallest absolute Gasteiger partial charge is 0.388 e. The number of carbonyl (C=O) groups excluding carboxylic acids is 3. The lowest BCUT2D eigenvalue weighted by Crippen LogP contribution is -2.19. The Kier molecular flexibility index (Phi) is 11.5. The standard InChI is InChI=1S/C31H43O5P/c1-8-9-10-11-12-13-14-15-16-27(32)36-37(35,30(33)28-23(4)17-21(2)18-24(28)5)31(34)29-25(6)19-22(3)20-26(29)7/h17-20H,8-16H2,1-7H3. The van der Waals surface area contributed by atoms with Crippen molar-refractivity contribution in [2.45, 2.75) is 106 Å². The normalized spacial score (nSPS) is 11.4. The predicted octanol–water partition coefficient (Wildman–Crippen LogP) is 8.87. The summed E-state index contributed by atoms with van der Waals surface area (Å²) in [5, 5.41) is 0. The summed E-state index contributed by atoms with van der Waals surface area (Å²) in [6, 6.07) is 7.22. The summed E-state index contributed by atoms with van der Waals surface area (Å²) >= 11 is 0.